The zero-order valence-corrected chi connectivity index (χ0v) is 16.1. The second-order valence-electron chi connectivity index (χ2n) is 7.08. The summed E-state index contributed by atoms with van der Waals surface area (Å²) in [5.74, 6) is -0.0433. The van der Waals surface area contributed by atoms with E-state index >= 15 is 0 Å². The number of carbonyl (C=O) groups is 3. The Morgan fingerprint density at radius 1 is 1.25 bits per heavy atom. The topological polar surface area (TPSA) is 82.6 Å². The molecule has 7 nitrogen and oxygen atoms in total. The van der Waals surface area contributed by atoms with Crippen LogP contribution in [0.25, 0.3) is 0 Å². The van der Waals surface area contributed by atoms with Gasteiger partial charge in [0.15, 0.2) is 0 Å². The standard InChI is InChI=1S/C20H19ClN4O3/c1-20-10-8-18(27)25(20)15-5-3-2-4-14(15)19(28)24(20)11-9-17(26)23-16-7-6-13(21)12-22-16/h2-7,12H,8-11H2,1H3,(H,22,23,26). The molecule has 1 unspecified atom stereocenters. The van der Waals surface area contributed by atoms with Crippen LogP contribution in [0, 0.1) is 0 Å². The Kier molecular flexibility index (Phi) is 4.55. The molecule has 8 heteroatoms. The van der Waals surface area contributed by atoms with E-state index in [2.05, 4.69) is 10.3 Å². The first kappa shape index (κ1) is 18.4. The molecule has 0 radical (unpaired) electrons. The van der Waals surface area contributed by atoms with Crippen molar-refractivity contribution in [3.63, 3.8) is 0 Å². The van der Waals surface area contributed by atoms with E-state index in [1.165, 1.54) is 6.20 Å². The minimum absolute atomic E-state index is 0.0118. The second kappa shape index (κ2) is 6.91. The van der Waals surface area contributed by atoms with Gasteiger partial charge >= 0.3 is 0 Å². The number of amides is 3. The molecular formula is C20H19ClN4O3. The highest BCUT2D eigenvalue weighted by atomic mass is 35.5. The van der Waals surface area contributed by atoms with Crippen LogP contribution in [0.5, 0.6) is 0 Å². The summed E-state index contributed by atoms with van der Waals surface area (Å²) in [6.07, 6.45) is 2.45. The first-order valence-electron chi connectivity index (χ1n) is 9.05. The van der Waals surface area contributed by atoms with Crippen LogP contribution in [0.1, 0.15) is 36.5 Å². The van der Waals surface area contributed by atoms with Crippen LogP contribution in [0.4, 0.5) is 11.5 Å². The Labute approximate surface area is 167 Å². The summed E-state index contributed by atoms with van der Waals surface area (Å²) in [5, 5.41) is 3.18. The minimum Gasteiger partial charge on any atom is -0.315 e. The van der Waals surface area contributed by atoms with Crippen LogP contribution in [0.2, 0.25) is 5.02 Å². The van der Waals surface area contributed by atoms with Crippen molar-refractivity contribution < 1.29 is 14.4 Å². The minimum atomic E-state index is -0.763. The lowest BCUT2D eigenvalue weighted by atomic mass is 9.98. The number of anilines is 2. The monoisotopic (exact) mass is 398 g/mol. The van der Waals surface area contributed by atoms with Crippen LogP contribution in [-0.2, 0) is 9.59 Å². The molecule has 4 rings (SSSR count). The Bertz CT molecular complexity index is 962. The van der Waals surface area contributed by atoms with Crippen LogP contribution >= 0.6 is 11.6 Å². The van der Waals surface area contributed by atoms with Crippen LogP contribution in [-0.4, -0.2) is 39.8 Å². The van der Waals surface area contributed by atoms with Crippen molar-refractivity contribution in [2.45, 2.75) is 31.8 Å². The van der Waals surface area contributed by atoms with Gasteiger partial charge in [-0.25, -0.2) is 4.98 Å². The summed E-state index contributed by atoms with van der Waals surface area (Å²) in [4.78, 5) is 45.4. The van der Waals surface area contributed by atoms with E-state index in [0.717, 1.165) is 0 Å². The number of para-hydroxylation sites is 1. The van der Waals surface area contributed by atoms with Crippen LogP contribution in [0.15, 0.2) is 42.6 Å². The highest BCUT2D eigenvalue weighted by Gasteiger charge is 2.52. The number of pyridine rings is 1. The van der Waals surface area contributed by atoms with Gasteiger partial charge in [-0.1, -0.05) is 23.7 Å². The van der Waals surface area contributed by atoms with E-state index < -0.39 is 5.66 Å². The molecule has 2 aliphatic heterocycles. The lowest BCUT2D eigenvalue weighted by Gasteiger charge is -2.48. The summed E-state index contributed by atoms with van der Waals surface area (Å²) in [7, 11) is 0. The van der Waals surface area contributed by atoms with Crippen LogP contribution < -0.4 is 10.2 Å². The van der Waals surface area contributed by atoms with E-state index in [1.807, 2.05) is 13.0 Å². The predicted octanol–water partition coefficient (Wildman–Crippen LogP) is 3.06. The van der Waals surface area contributed by atoms with E-state index in [0.29, 0.717) is 34.9 Å². The normalized spacial score (nSPS) is 20.8. The van der Waals surface area contributed by atoms with Crippen molar-refractivity contribution in [3.8, 4) is 0 Å². The maximum Gasteiger partial charge on any atom is 0.257 e. The summed E-state index contributed by atoms with van der Waals surface area (Å²) in [5.41, 5.74) is 0.361. The van der Waals surface area contributed by atoms with E-state index in [9.17, 15) is 14.4 Å². The quantitative estimate of drug-likeness (QED) is 0.858. The van der Waals surface area contributed by atoms with Gasteiger partial charge in [-0.3, -0.25) is 19.3 Å². The number of carbonyl (C=O) groups excluding carboxylic acids is 3. The zero-order valence-electron chi connectivity index (χ0n) is 15.3. The molecule has 3 amide bonds. The molecule has 2 aliphatic rings. The number of aromatic nitrogens is 1. The molecule has 2 aromatic rings. The number of hydrogen-bond acceptors (Lipinski definition) is 4. The molecular weight excluding hydrogens is 380 g/mol. The van der Waals surface area contributed by atoms with Crippen molar-refractivity contribution in [1.82, 2.24) is 9.88 Å². The number of nitrogens with zero attached hydrogens (tertiary/aromatic N) is 3. The summed E-state index contributed by atoms with van der Waals surface area (Å²) < 4.78 is 0. The van der Waals surface area contributed by atoms with Crippen molar-refractivity contribution in [3.05, 3.63) is 53.2 Å². The number of halogens is 1. The predicted molar refractivity (Wildman–Crippen MR) is 105 cm³/mol. The molecule has 3 heterocycles. The van der Waals surface area contributed by atoms with Gasteiger partial charge in [0.25, 0.3) is 5.91 Å². The number of nitrogens with one attached hydrogen (secondary N) is 1. The first-order valence-corrected chi connectivity index (χ1v) is 9.43. The van der Waals surface area contributed by atoms with Gasteiger partial charge in [-0.15, -0.1) is 0 Å². The van der Waals surface area contributed by atoms with Gasteiger partial charge in [0.05, 0.1) is 16.3 Å². The van der Waals surface area contributed by atoms with Gasteiger partial charge < -0.3 is 10.2 Å². The lowest BCUT2D eigenvalue weighted by Crippen LogP contribution is -2.62. The van der Waals surface area contributed by atoms with Gasteiger partial charge in [0, 0.05) is 25.6 Å². The first-order chi connectivity index (χ1) is 13.4. The third-order valence-corrected chi connectivity index (χ3v) is 5.53. The summed E-state index contributed by atoms with van der Waals surface area (Å²) in [6, 6.07) is 10.4. The molecule has 0 bridgehead atoms. The fourth-order valence-corrected chi connectivity index (χ4v) is 4.02. The van der Waals surface area contributed by atoms with Crippen LogP contribution in [0.3, 0.4) is 0 Å². The van der Waals surface area contributed by atoms with Gasteiger partial charge in [-0.05, 0) is 37.6 Å². The fourth-order valence-electron chi connectivity index (χ4n) is 3.91. The third-order valence-electron chi connectivity index (χ3n) is 5.30. The fraction of sp³-hybridized carbons (Fsp3) is 0.300. The molecule has 0 saturated carbocycles. The van der Waals surface area contributed by atoms with Gasteiger partial charge in [-0.2, -0.15) is 0 Å². The molecule has 1 aromatic heterocycles. The second-order valence-corrected chi connectivity index (χ2v) is 7.52. The lowest BCUT2D eigenvalue weighted by molar-refractivity contribution is -0.117. The Morgan fingerprint density at radius 2 is 2.04 bits per heavy atom. The highest BCUT2D eigenvalue weighted by Crippen LogP contribution is 2.43. The maximum absolute atomic E-state index is 13.1. The van der Waals surface area contributed by atoms with E-state index in [4.69, 9.17) is 11.6 Å². The third kappa shape index (κ3) is 3.01. The van der Waals surface area contributed by atoms with E-state index in [1.54, 1.807) is 40.1 Å². The van der Waals surface area contributed by atoms with Crippen molar-refractivity contribution >= 4 is 40.8 Å². The highest BCUT2D eigenvalue weighted by molar-refractivity contribution is 6.30. The molecule has 1 aromatic carbocycles. The number of fused-ring (bicyclic) bond motifs is 3. The Morgan fingerprint density at radius 3 is 2.79 bits per heavy atom. The van der Waals surface area contributed by atoms with Crippen molar-refractivity contribution in [2.24, 2.45) is 0 Å². The summed E-state index contributed by atoms with van der Waals surface area (Å²) >= 11 is 5.80. The molecule has 1 N–H and O–H groups in total. The van der Waals surface area contributed by atoms with Crippen molar-refractivity contribution in [1.29, 1.82) is 0 Å². The number of hydrogen-bond donors (Lipinski definition) is 1. The molecule has 144 valence electrons. The van der Waals surface area contributed by atoms with E-state index in [-0.39, 0.29) is 30.7 Å². The molecule has 0 spiro atoms. The zero-order chi connectivity index (χ0) is 19.9. The Balaban J connectivity index is 1.54. The average Bonchev–Trinajstić information content (AvgIpc) is 2.99. The Hall–Kier alpha value is -2.93. The molecule has 1 saturated heterocycles. The average molecular weight is 399 g/mol. The number of rotatable bonds is 4. The summed E-state index contributed by atoms with van der Waals surface area (Å²) in [6.45, 7) is 2.08. The van der Waals surface area contributed by atoms with Gasteiger partial charge in [0.1, 0.15) is 11.5 Å². The number of benzene rings is 1. The molecule has 1 fully saturated rings. The maximum atomic E-state index is 13.1. The smallest absolute Gasteiger partial charge is 0.257 e. The van der Waals surface area contributed by atoms with Gasteiger partial charge in [0.2, 0.25) is 11.8 Å². The molecule has 1 atom stereocenters. The molecule has 28 heavy (non-hydrogen) atoms. The van der Waals surface area contributed by atoms with Crippen molar-refractivity contribution in [2.75, 3.05) is 16.8 Å². The largest absolute Gasteiger partial charge is 0.315 e. The SMILES string of the molecule is CC12CCC(=O)N1c1ccccc1C(=O)N2CCC(=O)Nc1ccc(Cl)cn1. The molecule has 0 aliphatic carbocycles.